The summed E-state index contributed by atoms with van der Waals surface area (Å²) in [6.07, 6.45) is 0.641. The first-order chi connectivity index (χ1) is 8.12. The predicted molar refractivity (Wildman–Crippen MR) is 74.7 cm³/mol. The van der Waals surface area contributed by atoms with E-state index in [1.807, 2.05) is 6.92 Å². The number of nitrogens with zero attached hydrogens (tertiary/aromatic N) is 2. The van der Waals surface area contributed by atoms with Crippen LogP contribution in [0.5, 0.6) is 0 Å². The van der Waals surface area contributed by atoms with E-state index in [0.29, 0.717) is 12.2 Å². The van der Waals surface area contributed by atoms with Crippen molar-refractivity contribution in [2.45, 2.75) is 38.5 Å². The fourth-order valence-electron chi connectivity index (χ4n) is 1.94. The van der Waals surface area contributed by atoms with Gasteiger partial charge >= 0.3 is 0 Å². The number of rotatable bonds is 6. The van der Waals surface area contributed by atoms with Gasteiger partial charge in [-0.05, 0) is 20.0 Å². The van der Waals surface area contributed by atoms with Gasteiger partial charge in [0, 0.05) is 26.1 Å². The molecular formula is C12H23N3OS. The van der Waals surface area contributed by atoms with Crippen LogP contribution >= 0.6 is 11.8 Å². The summed E-state index contributed by atoms with van der Waals surface area (Å²) < 4.78 is 0. The molecule has 2 atom stereocenters. The van der Waals surface area contributed by atoms with Crippen molar-refractivity contribution in [2.24, 2.45) is 4.99 Å². The van der Waals surface area contributed by atoms with Crippen molar-refractivity contribution < 1.29 is 4.79 Å². The van der Waals surface area contributed by atoms with E-state index in [4.69, 9.17) is 0 Å². The highest BCUT2D eigenvalue weighted by molar-refractivity contribution is 8.15. The molecule has 98 valence electrons. The molecule has 1 rings (SSSR count). The molecule has 4 nitrogen and oxygen atoms in total. The van der Waals surface area contributed by atoms with Crippen molar-refractivity contribution in [1.82, 2.24) is 10.2 Å². The van der Waals surface area contributed by atoms with E-state index >= 15 is 0 Å². The average Bonchev–Trinajstić information content (AvgIpc) is 2.71. The normalized spacial score (nSPS) is 26.5. The summed E-state index contributed by atoms with van der Waals surface area (Å²) in [6, 6.07) is 0.197. The summed E-state index contributed by atoms with van der Waals surface area (Å²) in [5.74, 6) is 0.334. The Morgan fingerprint density at radius 1 is 1.47 bits per heavy atom. The molecule has 0 aromatic rings. The maximum absolute atomic E-state index is 12.1. The van der Waals surface area contributed by atoms with Gasteiger partial charge in [0.1, 0.15) is 5.78 Å². The molecule has 0 bridgehead atoms. The highest BCUT2D eigenvalue weighted by Gasteiger charge is 2.33. The fourth-order valence-corrected chi connectivity index (χ4v) is 3.06. The van der Waals surface area contributed by atoms with Gasteiger partial charge in [-0.25, -0.2) is 0 Å². The van der Waals surface area contributed by atoms with Crippen LogP contribution < -0.4 is 5.32 Å². The molecule has 0 saturated carbocycles. The van der Waals surface area contributed by atoms with Gasteiger partial charge < -0.3 is 10.2 Å². The summed E-state index contributed by atoms with van der Waals surface area (Å²) in [4.78, 5) is 18.5. The van der Waals surface area contributed by atoms with E-state index in [0.717, 1.165) is 24.8 Å². The summed E-state index contributed by atoms with van der Waals surface area (Å²) in [5.41, 5.74) is 0. The van der Waals surface area contributed by atoms with Crippen molar-refractivity contribution in [3.63, 3.8) is 0 Å². The number of Topliss-reactive ketones (excluding diaryl/α,β-unsaturated/α-hetero) is 1. The van der Waals surface area contributed by atoms with Gasteiger partial charge in [-0.1, -0.05) is 25.6 Å². The lowest BCUT2D eigenvalue weighted by Crippen LogP contribution is -2.35. The molecule has 1 heterocycles. The Kier molecular flexibility index (Phi) is 5.98. The molecule has 0 aliphatic carbocycles. The second kappa shape index (κ2) is 7.01. The maximum Gasteiger partial charge on any atom is 0.157 e. The van der Waals surface area contributed by atoms with E-state index in [-0.39, 0.29) is 11.3 Å². The molecule has 0 aromatic carbocycles. The summed E-state index contributed by atoms with van der Waals surface area (Å²) in [7, 11) is 1.75. The van der Waals surface area contributed by atoms with Crippen LogP contribution in [-0.4, -0.2) is 53.8 Å². The molecule has 5 heteroatoms. The number of aliphatic imine (C=N–C) groups is 1. The third kappa shape index (κ3) is 4.00. The Morgan fingerprint density at radius 3 is 2.59 bits per heavy atom. The molecule has 1 fully saturated rings. The lowest BCUT2D eigenvalue weighted by atomic mass is 10.1. The molecule has 0 amide bonds. The molecular weight excluding hydrogens is 234 g/mol. The van der Waals surface area contributed by atoms with Gasteiger partial charge in [-0.15, -0.1) is 0 Å². The second-order valence-electron chi connectivity index (χ2n) is 4.24. The van der Waals surface area contributed by atoms with Crippen LogP contribution in [0, 0.1) is 0 Å². The SMILES string of the molecule is CCN(CC)CCC(=O)C1SC(=NC)NC1C. The lowest BCUT2D eigenvalue weighted by Gasteiger charge is -2.19. The summed E-state index contributed by atoms with van der Waals surface area (Å²) in [6.45, 7) is 9.20. The minimum atomic E-state index is 0.0317. The van der Waals surface area contributed by atoms with Gasteiger partial charge in [0.2, 0.25) is 0 Å². The molecule has 0 spiro atoms. The van der Waals surface area contributed by atoms with Crippen LogP contribution in [0.25, 0.3) is 0 Å². The third-order valence-corrected chi connectivity index (χ3v) is 4.58. The lowest BCUT2D eigenvalue weighted by molar-refractivity contribution is -0.119. The Balaban J connectivity index is 2.43. The van der Waals surface area contributed by atoms with E-state index < -0.39 is 0 Å². The van der Waals surface area contributed by atoms with Crippen LogP contribution in [0.15, 0.2) is 4.99 Å². The van der Waals surface area contributed by atoms with E-state index in [1.54, 1.807) is 18.8 Å². The molecule has 2 unspecified atom stereocenters. The first kappa shape index (κ1) is 14.5. The number of nitrogens with one attached hydrogen (secondary N) is 1. The van der Waals surface area contributed by atoms with Crippen LogP contribution in [0.2, 0.25) is 0 Å². The number of hydrogen-bond acceptors (Lipinski definition) is 4. The standard InChI is InChI=1S/C12H23N3OS/c1-5-15(6-2)8-7-10(16)11-9(3)14-12(13-4)17-11/h9,11H,5-8H2,1-4H3,(H,13,14). The number of ketones is 1. The monoisotopic (exact) mass is 257 g/mol. The molecule has 1 N–H and O–H groups in total. The van der Waals surface area contributed by atoms with Gasteiger partial charge in [-0.3, -0.25) is 9.79 Å². The molecule has 0 aromatic heterocycles. The molecule has 1 saturated heterocycles. The molecule has 0 radical (unpaired) electrons. The zero-order valence-electron chi connectivity index (χ0n) is 11.2. The zero-order valence-corrected chi connectivity index (χ0v) is 12.0. The largest absolute Gasteiger partial charge is 0.361 e. The van der Waals surface area contributed by atoms with Gasteiger partial charge in [0.15, 0.2) is 5.17 Å². The topological polar surface area (TPSA) is 44.7 Å². The Morgan fingerprint density at radius 2 is 2.12 bits per heavy atom. The van der Waals surface area contributed by atoms with Crippen molar-refractivity contribution in [3.05, 3.63) is 0 Å². The van der Waals surface area contributed by atoms with Crippen LogP contribution in [0.4, 0.5) is 0 Å². The van der Waals surface area contributed by atoms with Crippen LogP contribution in [0.1, 0.15) is 27.2 Å². The van der Waals surface area contributed by atoms with Gasteiger partial charge in [0.25, 0.3) is 0 Å². The summed E-state index contributed by atoms with van der Waals surface area (Å²) >= 11 is 1.56. The minimum Gasteiger partial charge on any atom is -0.361 e. The van der Waals surface area contributed by atoms with Gasteiger partial charge in [0.05, 0.1) is 5.25 Å². The van der Waals surface area contributed by atoms with Crippen molar-refractivity contribution in [3.8, 4) is 0 Å². The van der Waals surface area contributed by atoms with E-state index in [1.165, 1.54) is 0 Å². The van der Waals surface area contributed by atoms with E-state index in [2.05, 4.69) is 29.1 Å². The summed E-state index contributed by atoms with van der Waals surface area (Å²) in [5, 5.41) is 4.15. The first-order valence-corrected chi connectivity index (χ1v) is 7.15. The maximum atomic E-state index is 12.1. The Labute approximate surface area is 108 Å². The fraction of sp³-hybridized carbons (Fsp3) is 0.833. The van der Waals surface area contributed by atoms with Crippen molar-refractivity contribution in [1.29, 1.82) is 0 Å². The first-order valence-electron chi connectivity index (χ1n) is 6.27. The zero-order chi connectivity index (χ0) is 12.8. The highest BCUT2D eigenvalue weighted by Crippen LogP contribution is 2.25. The van der Waals surface area contributed by atoms with Crippen LogP contribution in [-0.2, 0) is 4.79 Å². The van der Waals surface area contributed by atoms with Crippen molar-refractivity contribution >= 4 is 22.7 Å². The number of amidine groups is 1. The number of carbonyl (C=O) groups excluding carboxylic acids is 1. The average molecular weight is 257 g/mol. The van der Waals surface area contributed by atoms with Crippen molar-refractivity contribution in [2.75, 3.05) is 26.7 Å². The minimum absolute atomic E-state index is 0.0317. The molecule has 17 heavy (non-hydrogen) atoms. The number of carbonyl (C=O) groups is 1. The third-order valence-electron chi connectivity index (χ3n) is 3.13. The predicted octanol–water partition coefficient (Wildman–Crippen LogP) is 1.37. The Bertz CT molecular complexity index is 289. The number of hydrogen-bond donors (Lipinski definition) is 1. The van der Waals surface area contributed by atoms with Gasteiger partial charge in [-0.2, -0.15) is 0 Å². The smallest absolute Gasteiger partial charge is 0.157 e. The van der Waals surface area contributed by atoms with E-state index in [9.17, 15) is 4.79 Å². The quantitative estimate of drug-likeness (QED) is 0.780. The molecule has 1 aliphatic rings. The second-order valence-corrected chi connectivity index (χ2v) is 5.37. The highest BCUT2D eigenvalue weighted by atomic mass is 32.2. The molecule has 1 aliphatic heterocycles. The Hall–Kier alpha value is -0.550. The van der Waals surface area contributed by atoms with Crippen LogP contribution in [0.3, 0.4) is 0 Å². The number of thioether (sulfide) groups is 1.